The highest BCUT2D eigenvalue weighted by atomic mass is 31.2. The Hall–Kier alpha value is -2.89. The lowest BCUT2D eigenvalue weighted by molar-refractivity contribution is -0.870. The number of esters is 2. The molecule has 0 fully saturated rings. The number of hydrogen-bond acceptors (Lipinski definition) is 9. The maximum atomic E-state index is 12.7. The van der Waals surface area contributed by atoms with Crippen molar-refractivity contribution in [3.63, 3.8) is 0 Å². The summed E-state index contributed by atoms with van der Waals surface area (Å²) in [6.07, 6.45) is 45.7. The number of nitrogens with zero attached hydrogens (tertiary/aromatic N) is 1. The number of aliphatic hydroxyl groups excluding tert-OH is 2. The molecule has 0 saturated carbocycles. The fourth-order valence-corrected chi connectivity index (χ4v) is 6.60. The monoisotopic (exact) mass is 893 g/mol. The number of aliphatic hydroxyl groups is 2. The number of rotatable bonds is 41. The molecule has 0 aromatic rings. The Balaban J connectivity index is 4.57. The van der Waals surface area contributed by atoms with E-state index in [-0.39, 0.29) is 26.1 Å². The van der Waals surface area contributed by atoms with Gasteiger partial charge in [0.2, 0.25) is 0 Å². The van der Waals surface area contributed by atoms with E-state index in [1.807, 2.05) is 64.5 Å². The lowest BCUT2D eigenvalue weighted by atomic mass is 10.1. The van der Waals surface area contributed by atoms with Gasteiger partial charge in [-0.2, -0.15) is 0 Å². The summed E-state index contributed by atoms with van der Waals surface area (Å²) in [5.41, 5.74) is 0. The Labute approximate surface area is 376 Å². The Morgan fingerprint density at radius 1 is 0.597 bits per heavy atom. The highest BCUT2D eigenvalue weighted by Crippen LogP contribution is 2.43. The van der Waals surface area contributed by atoms with Gasteiger partial charge in [0.05, 0.1) is 40.0 Å². The van der Waals surface area contributed by atoms with E-state index in [9.17, 15) is 29.3 Å². The smallest absolute Gasteiger partial charge is 0.462 e. The van der Waals surface area contributed by atoms with Gasteiger partial charge in [0, 0.05) is 12.8 Å². The van der Waals surface area contributed by atoms with Gasteiger partial charge in [-0.25, -0.2) is 4.57 Å². The van der Waals surface area contributed by atoms with Crippen molar-refractivity contribution in [2.75, 3.05) is 47.5 Å². The fourth-order valence-electron chi connectivity index (χ4n) is 5.86. The average Bonchev–Trinajstić information content (AvgIpc) is 3.21. The number of phosphoric acid groups is 1. The number of phosphoric ester groups is 1. The number of allylic oxidation sites excluding steroid dienone is 10. The molecule has 0 amide bonds. The predicted octanol–water partition coefficient (Wildman–Crippen LogP) is 11.5. The molecule has 0 radical (unpaired) electrons. The molecule has 0 aliphatic heterocycles. The first kappa shape index (κ1) is 59.1. The van der Waals surface area contributed by atoms with Crippen molar-refractivity contribution in [2.24, 2.45) is 0 Å². The van der Waals surface area contributed by atoms with Crippen LogP contribution in [0.5, 0.6) is 0 Å². The number of quaternary nitrogens is 1. The van der Waals surface area contributed by atoms with E-state index in [4.69, 9.17) is 18.5 Å². The molecule has 12 heteroatoms. The lowest BCUT2D eigenvalue weighted by Gasteiger charge is -2.24. The topological polar surface area (TPSA) is 149 Å². The maximum absolute atomic E-state index is 12.7. The molecule has 11 nitrogen and oxygen atoms in total. The normalized spacial score (nSPS) is 15.3. The van der Waals surface area contributed by atoms with Crippen LogP contribution < -0.4 is 0 Å². The maximum Gasteiger partial charge on any atom is 0.472 e. The van der Waals surface area contributed by atoms with E-state index in [0.717, 1.165) is 32.1 Å². The summed E-state index contributed by atoms with van der Waals surface area (Å²) in [4.78, 5) is 35.4. The van der Waals surface area contributed by atoms with Crippen LogP contribution in [0.2, 0.25) is 0 Å². The minimum Gasteiger partial charge on any atom is -0.462 e. The summed E-state index contributed by atoms with van der Waals surface area (Å²) in [5, 5.41) is 20.0. The standard InChI is InChI=1S/C50H86NO10P/c1-6-8-10-11-12-13-14-15-16-17-18-19-20-21-22-26-34-40-49(54)58-44-48(45-60-62(56,57)59-43-42-51(3,4)5)61-50(55)41-35-27-24-23-25-31-37-47(53)39-33-29-28-32-38-46(52)36-30-9-7-2/h9,15-16,24-25,27-33,38-39,46-48,52-53H,6-8,10-14,17-23,26,34-37,40-45H2,1-5H3/p+1/b16-15-,27-24-,29-28-,30-9-,31-25-,38-32+,39-33+/t46-,47+,48+/m0/s1. The van der Waals surface area contributed by atoms with E-state index in [0.29, 0.717) is 43.1 Å². The molecule has 356 valence electrons. The molecule has 62 heavy (non-hydrogen) atoms. The van der Waals surface area contributed by atoms with Gasteiger partial charge in [-0.05, 0) is 64.2 Å². The van der Waals surface area contributed by atoms with Crippen molar-refractivity contribution >= 4 is 19.8 Å². The van der Waals surface area contributed by atoms with Crippen LogP contribution in [0.15, 0.2) is 85.1 Å². The van der Waals surface area contributed by atoms with Gasteiger partial charge in [-0.15, -0.1) is 0 Å². The second kappa shape index (κ2) is 40.9. The summed E-state index contributed by atoms with van der Waals surface area (Å²) in [6.45, 7) is 4.00. The number of carbonyl (C=O) groups is 2. The predicted molar refractivity (Wildman–Crippen MR) is 254 cm³/mol. The summed E-state index contributed by atoms with van der Waals surface area (Å²) in [7, 11) is 1.35. The molecule has 0 saturated heterocycles. The zero-order valence-electron chi connectivity index (χ0n) is 39.3. The van der Waals surface area contributed by atoms with Crippen molar-refractivity contribution < 1.29 is 52.3 Å². The number of carbonyl (C=O) groups excluding carboxylic acids is 2. The van der Waals surface area contributed by atoms with Crippen molar-refractivity contribution in [3.8, 4) is 0 Å². The first-order chi connectivity index (χ1) is 29.8. The minimum absolute atomic E-state index is 0.00677. The molecule has 1 unspecified atom stereocenters. The summed E-state index contributed by atoms with van der Waals surface area (Å²) >= 11 is 0. The molecule has 4 atom stereocenters. The molecule has 3 N–H and O–H groups in total. The zero-order valence-corrected chi connectivity index (χ0v) is 40.2. The summed E-state index contributed by atoms with van der Waals surface area (Å²) in [5.74, 6) is -0.977. The van der Waals surface area contributed by atoms with Crippen LogP contribution in [0.1, 0.15) is 155 Å². The summed E-state index contributed by atoms with van der Waals surface area (Å²) in [6, 6.07) is 0. The van der Waals surface area contributed by atoms with E-state index in [1.165, 1.54) is 64.2 Å². The van der Waals surface area contributed by atoms with Gasteiger partial charge in [-0.3, -0.25) is 18.6 Å². The first-order valence-corrected chi connectivity index (χ1v) is 25.0. The molecular formula is C50H87NO10P+. The molecule has 0 aliphatic rings. The second-order valence-corrected chi connectivity index (χ2v) is 18.3. The van der Waals surface area contributed by atoms with Crippen LogP contribution in [0, 0.1) is 0 Å². The van der Waals surface area contributed by atoms with E-state index >= 15 is 0 Å². The molecule has 0 aliphatic carbocycles. The van der Waals surface area contributed by atoms with Crippen molar-refractivity contribution in [1.82, 2.24) is 0 Å². The second-order valence-electron chi connectivity index (χ2n) is 16.8. The van der Waals surface area contributed by atoms with Gasteiger partial charge < -0.3 is 29.1 Å². The third-order valence-corrected chi connectivity index (χ3v) is 10.6. The van der Waals surface area contributed by atoms with Gasteiger partial charge in [0.1, 0.15) is 19.8 Å². The first-order valence-electron chi connectivity index (χ1n) is 23.5. The minimum atomic E-state index is -4.43. The number of likely N-dealkylation sites (N-methyl/N-ethyl adjacent to an activating group) is 1. The van der Waals surface area contributed by atoms with Gasteiger partial charge in [0.15, 0.2) is 6.10 Å². The van der Waals surface area contributed by atoms with Crippen molar-refractivity contribution in [3.05, 3.63) is 85.1 Å². The molecular weight excluding hydrogens is 806 g/mol. The van der Waals surface area contributed by atoms with Gasteiger partial charge in [-0.1, -0.05) is 163 Å². The fraction of sp³-hybridized carbons (Fsp3) is 0.680. The van der Waals surface area contributed by atoms with Crippen LogP contribution in [0.4, 0.5) is 0 Å². The number of hydrogen-bond donors (Lipinski definition) is 3. The van der Waals surface area contributed by atoms with Crippen LogP contribution in [0.25, 0.3) is 0 Å². The number of ether oxygens (including phenoxy) is 2. The lowest BCUT2D eigenvalue weighted by Crippen LogP contribution is -2.37. The average molecular weight is 893 g/mol. The SMILES string of the molecule is CC/C=C\C[C@H](O)/C=C/C=C\C=C\[C@H](O)C/C=C\C/C=C\CCC(=O)O[C@H](COC(=O)CCCCCCCCC/C=C\CCCCCCCC)COP(=O)(O)OCC[N+](C)(C)C. The van der Waals surface area contributed by atoms with Crippen LogP contribution in [0.3, 0.4) is 0 Å². The highest BCUT2D eigenvalue weighted by Gasteiger charge is 2.27. The Bertz CT molecular complexity index is 1360. The zero-order chi connectivity index (χ0) is 46.0. The van der Waals surface area contributed by atoms with Crippen LogP contribution >= 0.6 is 7.82 Å². The van der Waals surface area contributed by atoms with Crippen molar-refractivity contribution in [2.45, 2.75) is 173 Å². The van der Waals surface area contributed by atoms with Gasteiger partial charge >= 0.3 is 19.8 Å². The van der Waals surface area contributed by atoms with E-state index < -0.39 is 44.7 Å². The Morgan fingerprint density at radius 3 is 1.71 bits per heavy atom. The Kier molecular flexibility index (Phi) is 39.0. The largest absolute Gasteiger partial charge is 0.472 e. The number of unbranched alkanes of at least 4 members (excludes halogenated alkanes) is 13. The molecule has 0 spiro atoms. The Morgan fingerprint density at radius 2 is 1.13 bits per heavy atom. The molecule has 0 heterocycles. The third-order valence-electron chi connectivity index (χ3n) is 9.59. The third kappa shape index (κ3) is 43.7. The van der Waals surface area contributed by atoms with Gasteiger partial charge in [0.25, 0.3) is 0 Å². The molecule has 0 bridgehead atoms. The van der Waals surface area contributed by atoms with E-state index in [2.05, 4.69) is 19.1 Å². The quantitative estimate of drug-likeness (QED) is 0.0135. The molecule has 0 rings (SSSR count). The molecule has 0 aromatic carbocycles. The summed E-state index contributed by atoms with van der Waals surface area (Å²) < 4.78 is 34.2. The van der Waals surface area contributed by atoms with Crippen molar-refractivity contribution in [1.29, 1.82) is 0 Å². The van der Waals surface area contributed by atoms with E-state index in [1.54, 1.807) is 36.5 Å². The van der Waals surface area contributed by atoms with Crippen LogP contribution in [-0.2, 0) is 32.7 Å². The van der Waals surface area contributed by atoms with Crippen LogP contribution in [-0.4, -0.2) is 97.3 Å². The highest BCUT2D eigenvalue weighted by molar-refractivity contribution is 7.47. The molecule has 0 aromatic heterocycles.